The number of nitrogens with zero attached hydrogens (tertiary/aromatic N) is 1. The fourth-order valence-corrected chi connectivity index (χ4v) is 2.49. The van der Waals surface area contributed by atoms with Crippen LogP contribution in [-0.4, -0.2) is 25.0 Å². The van der Waals surface area contributed by atoms with Crippen molar-refractivity contribution in [2.75, 3.05) is 20.1 Å². The second-order valence-electron chi connectivity index (χ2n) is 5.38. The molecule has 2 rings (SSSR count). The van der Waals surface area contributed by atoms with E-state index in [9.17, 15) is 0 Å². The lowest BCUT2D eigenvalue weighted by Crippen LogP contribution is -2.41. The van der Waals surface area contributed by atoms with Crippen LogP contribution in [0.4, 0.5) is 0 Å². The van der Waals surface area contributed by atoms with Gasteiger partial charge in [0.1, 0.15) is 0 Å². The topological polar surface area (TPSA) is 29.3 Å². The summed E-state index contributed by atoms with van der Waals surface area (Å²) >= 11 is 6.32. The summed E-state index contributed by atoms with van der Waals surface area (Å²) in [5.41, 5.74) is 8.08. The molecule has 1 aromatic rings. The van der Waals surface area contributed by atoms with Crippen LogP contribution >= 0.6 is 11.6 Å². The van der Waals surface area contributed by atoms with E-state index in [-0.39, 0.29) is 5.54 Å². The number of hydrogen-bond acceptors (Lipinski definition) is 2. The first-order valence-corrected chi connectivity index (χ1v) is 6.03. The zero-order valence-electron chi connectivity index (χ0n) is 10.1. The largest absolute Gasteiger partial charge is 0.322 e. The van der Waals surface area contributed by atoms with Gasteiger partial charge < -0.3 is 10.6 Å². The number of halogens is 1. The highest BCUT2D eigenvalue weighted by atomic mass is 35.5. The van der Waals surface area contributed by atoms with Gasteiger partial charge in [0.25, 0.3) is 0 Å². The molecule has 1 aliphatic rings. The average Bonchev–Trinajstić information content (AvgIpc) is 2.12. The second-order valence-corrected chi connectivity index (χ2v) is 5.78. The van der Waals surface area contributed by atoms with Crippen molar-refractivity contribution in [3.63, 3.8) is 0 Å². The lowest BCUT2D eigenvalue weighted by molar-refractivity contribution is 0.190. The summed E-state index contributed by atoms with van der Waals surface area (Å²) in [6.07, 6.45) is 0. The van der Waals surface area contributed by atoms with Gasteiger partial charge in [0.15, 0.2) is 0 Å². The van der Waals surface area contributed by atoms with E-state index < -0.39 is 0 Å². The third-order valence-electron chi connectivity index (χ3n) is 3.25. The van der Waals surface area contributed by atoms with E-state index in [1.807, 2.05) is 19.9 Å². The van der Waals surface area contributed by atoms with Crippen LogP contribution in [0.1, 0.15) is 30.9 Å². The van der Waals surface area contributed by atoms with E-state index in [0.717, 1.165) is 23.7 Å². The zero-order valence-corrected chi connectivity index (χ0v) is 10.9. The Morgan fingerprint density at radius 2 is 2.00 bits per heavy atom. The summed E-state index contributed by atoms with van der Waals surface area (Å²) in [7, 11) is 2.13. The molecular weight excluding hydrogens is 220 g/mol. The fraction of sp³-hybridized carbons (Fsp3) is 0.538. The van der Waals surface area contributed by atoms with Crippen molar-refractivity contribution in [2.45, 2.75) is 25.3 Å². The second kappa shape index (κ2) is 4.02. The highest BCUT2D eigenvalue weighted by Gasteiger charge is 2.27. The predicted molar refractivity (Wildman–Crippen MR) is 68.9 cm³/mol. The first kappa shape index (κ1) is 11.9. The molecular formula is C13H19ClN2. The van der Waals surface area contributed by atoms with Crippen LogP contribution < -0.4 is 5.73 Å². The summed E-state index contributed by atoms with van der Waals surface area (Å²) < 4.78 is 0. The Labute approximate surface area is 102 Å². The minimum absolute atomic E-state index is 0.321. The maximum absolute atomic E-state index is 6.32. The van der Waals surface area contributed by atoms with Gasteiger partial charge in [0, 0.05) is 29.6 Å². The van der Waals surface area contributed by atoms with E-state index in [4.69, 9.17) is 17.3 Å². The molecule has 2 N–H and O–H groups in total. The molecule has 0 aromatic heterocycles. The van der Waals surface area contributed by atoms with Gasteiger partial charge in [-0.3, -0.25) is 0 Å². The van der Waals surface area contributed by atoms with Gasteiger partial charge in [-0.15, -0.1) is 0 Å². The van der Waals surface area contributed by atoms with Gasteiger partial charge in [-0.25, -0.2) is 0 Å². The van der Waals surface area contributed by atoms with Gasteiger partial charge >= 0.3 is 0 Å². The Hall–Kier alpha value is -0.570. The maximum atomic E-state index is 6.32. The van der Waals surface area contributed by atoms with Crippen LogP contribution in [0.25, 0.3) is 0 Å². The van der Waals surface area contributed by atoms with Gasteiger partial charge in [-0.2, -0.15) is 0 Å². The Kier molecular flexibility index (Phi) is 2.99. The Morgan fingerprint density at radius 3 is 2.44 bits per heavy atom. The van der Waals surface area contributed by atoms with Crippen LogP contribution in [0.2, 0.25) is 5.02 Å². The monoisotopic (exact) mass is 238 g/mol. The predicted octanol–water partition coefficient (Wildman–Crippen LogP) is 2.56. The zero-order chi connectivity index (χ0) is 11.9. The van der Waals surface area contributed by atoms with Gasteiger partial charge in [0.05, 0.1) is 0 Å². The number of nitrogens with two attached hydrogens (primary N) is 1. The van der Waals surface area contributed by atoms with Crippen molar-refractivity contribution in [3.8, 4) is 0 Å². The molecule has 1 fully saturated rings. The molecule has 1 saturated heterocycles. The molecule has 2 nitrogen and oxygen atoms in total. The molecule has 0 amide bonds. The molecule has 0 unspecified atom stereocenters. The molecule has 88 valence electrons. The van der Waals surface area contributed by atoms with Crippen molar-refractivity contribution < 1.29 is 0 Å². The lowest BCUT2D eigenvalue weighted by Gasteiger charge is -2.37. The summed E-state index contributed by atoms with van der Waals surface area (Å²) in [4.78, 5) is 2.29. The summed E-state index contributed by atoms with van der Waals surface area (Å²) in [5, 5.41) is 0.856. The summed E-state index contributed by atoms with van der Waals surface area (Å²) in [6.45, 7) is 6.20. The van der Waals surface area contributed by atoms with Crippen molar-refractivity contribution in [2.24, 2.45) is 5.73 Å². The average molecular weight is 239 g/mol. The Balaban J connectivity index is 2.24. The van der Waals surface area contributed by atoms with E-state index in [2.05, 4.69) is 24.1 Å². The van der Waals surface area contributed by atoms with E-state index >= 15 is 0 Å². The molecule has 0 atom stereocenters. The fourth-order valence-electron chi connectivity index (χ4n) is 2.15. The van der Waals surface area contributed by atoms with E-state index in [1.54, 1.807) is 0 Å². The number of likely N-dealkylation sites (tertiary alicyclic amines) is 1. The van der Waals surface area contributed by atoms with Gasteiger partial charge in [-0.1, -0.05) is 23.7 Å². The number of rotatable bonds is 2. The molecule has 1 aromatic carbocycles. The molecule has 0 spiro atoms. The number of hydrogen-bond donors (Lipinski definition) is 1. The molecule has 0 saturated carbocycles. The SMILES string of the molecule is CN1CC(c2ccc(C(C)(C)N)cc2Cl)C1. The third-order valence-corrected chi connectivity index (χ3v) is 3.58. The van der Waals surface area contributed by atoms with Gasteiger partial charge in [-0.05, 0) is 38.1 Å². The standard InChI is InChI=1S/C13H19ClN2/c1-13(2,15)10-4-5-11(12(14)6-10)9-7-16(3)8-9/h4-6,9H,7-8,15H2,1-3H3. The molecule has 0 radical (unpaired) electrons. The lowest BCUT2D eigenvalue weighted by atomic mass is 9.88. The van der Waals surface area contributed by atoms with Gasteiger partial charge in [0.2, 0.25) is 0 Å². The van der Waals surface area contributed by atoms with Crippen LogP contribution in [-0.2, 0) is 5.54 Å². The molecule has 1 heterocycles. The minimum Gasteiger partial charge on any atom is -0.322 e. The van der Waals surface area contributed by atoms with Crippen molar-refractivity contribution >= 4 is 11.6 Å². The van der Waals surface area contributed by atoms with Crippen molar-refractivity contribution in [1.29, 1.82) is 0 Å². The Bertz CT molecular complexity index is 389. The first-order valence-electron chi connectivity index (χ1n) is 5.65. The van der Waals surface area contributed by atoms with Crippen LogP contribution in [0.5, 0.6) is 0 Å². The van der Waals surface area contributed by atoms with Crippen LogP contribution in [0.15, 0.2) is 18.2 Å². The van der Waals surface area contributed by atoms with Crippen molar-refractivity contribution in [1.82, 2.24) is 4.90 Å². The van der Waals surface area contributed by atoms with Crippen molar-refractivity contribution in [3.05, 3.63) is 34.3 Å². The number of likely N-dealkylation sites (N-methyl/N-ethyl adjacent to an activating group) is 1. The minimum atomic E-state index is -0.321. The third kappa shape index (κ3) is 2.24. The normalized spacial score (nSPS) is 18.6. The molecule has 16 heavy (non-hydrogen) atoms. The summed E-state index contributed by atoms with van der Waals surface area (Å²) in [6, 6.07) is 6.23. The van der Waals surface area contributed by atoms with Crippen LogP contribution in [0.3, 0.4) is 0 Å². The highest BCUT2D eigenvalue weighted by molar-refractivity contribution is 6.31. The highest BCUT2D eigenvalue weighted by Crippen LogP contribution is 2.33. The number of benzene rings is 1. The molecule has 1 aliphatic heterocycles. The van der Waals surface area contributed by atoms with Crippen LogP contribution in [0, 0.1) is 0 Å². The quantitative estimate of drug-likeness (QED) is 0.858. The molecule has 0 aliphatic carbocycles. The molecule has 0 bridgehead atoms. The maximum Gasteiger partial charge on any atom is 0.0445 e. The smallest absolute Gasteiger partial charge is 0.0445 e. The van der Waals surface area contributed by atoms with E-state index in [0.29, 0.717) is 5.92 Å². The Morgan fingerprint density at radius 1 is 1.38 bits per heavy atom. The molecule has 3 heteroatoms. The summed E-state index contributed by atoms with van der Waals surface area (Å²) in [5.74, 6) is 0.590. The first-order chi connectivity index (χ1) is 7.38. The van der Waals surface area contributed by atoms with E-state index in [1.165, 1.54) is 5.56 Å².